The van der Waals surface area contributed by atoms with Gasteiger partial charge in [0.2, 0.25) is 0 Å². The number of ketones is 1. The number of benzene rings is 1. The van der Waals surface area contributed by atoms with Gasteiger partial charge >= 0.3 is 0 Å². The third-order valence-corrected chi connectivity index (χ3v) is 3.27. The van der Waals surface area contributed by atoms with Gasteiger partial charge in [-0.3, -0.25) is 4.79 Å². The van der Waals surface area contributed by atoms with Gasteiger partial charge in [-0.25, -0.2) is 0 Å². The Kier molecular flexibility index (Phi) is 2.97. The van der Waals surface area contributed by atoms with E-state index in [4.69, 9.17) is 5.73 Å². The van der Waals surface area contributed by atoms with Gasteiger partial charge in [0.25, 0.3) is 0 Å². The molecule has 0 bridgehead atoms. The number of aromatic nitrogens is 2. The predicted molar refractivity (Wildman–Crippen MR) is 72.3 cm³/mol. The molecule has 0 fully saturated rings. The van der Waals surface area contributed by atoms with Crippen molar-refractivity contribution in [3.05, 3.63) is 47.7 Å². The SMILES string of the molecule is NCc1cnnc(N2CCC(=O)c3ccccc32)c1. The Labute approximate surface area is 111 Å². The molecule has 1 aliphatic heterocycles. The fraction of sp³-hybridized carbons (Fsp3) is 0.214. The highest BCUT2D eigenvalue weighted by Crippen LogP contribution is 2.31. The van der Waals surface area contributed by atoms with Gasteiger partial charge in [-0.2, -0.15) is 5.10 Å². The van der Waals surface area contributed by atoms with E-state index in [0.717, 1.165) is 22.6 Å². The number of nitrogens with zero attached hydrogens (tertiary/aromatic N) is 3. The molecule has 2 heterocycles. The minimum atomic E-state index is 0.176. The summed E-state index contributed by atoms with van der Waals surface area (Å²) >= 11 is 0. The molecule has 0 saturated carbocycles. The normalized spacial score (nSPS) is 14.4. The molecule has 0 radical (unpaired) electrons. The maximum Gasteiger partial charge on any atom is 0.166 e. The summed E-state index contributed by atoms with van der Waals surface area (Å²) in [7, 11) is 0. The van der Waals surface area contributed by atoms with Gasteiger partial charge in [-0.05, 0) is 23.8 Å². The standard InChI is InChI=1S/C14H14N4O/c15-8-10-7-14(17-16-9-10)18-6-5-13(19)11-3-1-2-4-12(11)18/h1-4,7,9H,5-6,8,15H2. The molecular weight excluding hydrogens is 240 g/mol. The van der Waals surface area contributed by atoms with E-state index in [0.29, 0.717) is 19.5 Å². The van der Waals surface area contributed by atoms with E-state index in [1.807, 2.05) is 35.2 Å². The Hall–Kier alpha value is -2.27. The summed E-state index contributed by atoms with van der Waals surface area (Å²) in [4.78, 5) is 13.9. The van der Waals surface area contributed by atoms with E-state index in [1.165, 1.54) is 0 Å². The monoisotopic (exact) mass is 254 g/mol. The quantitative estimate of drug-likeness (QED) is 0.882. The highest BCUT2D eigenvalue weighted by atomic mass is 16.1. The van der Waals surface area contributed by atoms with Crippen LogP contribution >= 0.6 is 0 Å². The van der Waals surface area contributed by atoms with Crippen molar-refractivity contribution < 1.29 is 4.79 Å². The topological polar surface area (TPSA) is 72.1 Å². The molecule has 96 valence electrons. The summed E-state index contributed by atoms with van der Waals surface area (Å²) in [6, 6.07) is 9.50. The smallest absolute Gasteiger partial charge is 0.166 e. The zero-order chi connectivity index (χ0) is 13.2. The van der Waals surface area contributed by atoms with Crippen molar-refractivity contribution >= 4 is 17.3 Å². The first-order valence-electron chi connectivity index (χ1n) is 6.21. The van der Waals surface area contributed by atoms with Crippen LogP contribution in [0.5, 0.6) is 0 Å². The molecule has 1 aromatic heterocycles. The van der Waals surface area contributed by atoms with Crippen LogP contribution in [0, 0.1) is 0 Å². The maximum absolute atomic E-state index is 11.9. The van der Waals surface area contributed by atoms with Gasteiger partial charge in [0.05, 0.1) is 11.9 Å². The number of anilines is 2. The van der Waals surface area contributed by atoms with Crippen molar-refractivity contribution in [2.45, 2.75) is 13.0 Å². The lowest BCUT2D eigenvalue weighted by Gasteiger charge is -2.29. The van der Waals surface area contributed by atoms with Gasteiger partial charge in [-0.15, -0.1) is 5.10 Å². The zero-order valence-electron chi connectivity index (χ0n) is 10.4. The lowest BCUT2D eigenvalue weighted by molar-refractivity contribution is 0.0981. The zero-order valence-corrected chi connectivity index (χ0v) is 10.4. The Balaban J connectivity index is 2.06. The Morgan fingerprint density at radius 2 is 2.16 bits per heavy atom. The summed E-state index contributed by atoms with van der Waals surface area (Å²) in [6.07, 6.45) is 2.15. The number of Topliss-reactive ketones (excluding diaryl/α,β-unsaturated/α-hetero) is 1. The largest absolute Gasteiger partial charge is 0.326 e. The van der Waals surface area contributed by atoms with Crippen LogP contribution in [-0.2, 0) is 6.54 Å². The van der Waals surface area contributed by atoms with Crippen LogP contribution in [0.25, 0.3) is 0 Å². The van der Waals surface area contributed by atoms with Gasteiger partial charge < -0.3 is 10.6 Å². The van der Waals surface area contributed by atoms with Crippen LogP contribution in [0.2, 0.25) is 0 Å². The van der Waals surface area contributed by atoms with Gasteiger partial charge in [0, 0.05) is 25.1 Å². The fourth-order valence-corrected chi connectivity index (χ4v) is 2.29. The first kappa shape index (κ1) is 11.8. The van der Waals surface area contributed by atoms with E-state index in [-0.39, 0.29) is 5.78 Å². The van der Waals surface area contributed by atoms with E-state index in [9.17, 15) is 4.79 Å². The second-order valence-corrected chi connectivity index (χ2v) is 4.47. The highest BCUT2D eigenvalue weighted by molar-refractivity contribution is 6.04. The summed E-state index contributed by atoms with van der Waals surface area (Å²) < 4.78 is 0. The van der Waals surface area contributed by atoms with Crippen LogP contribution in [0.4, 0.5) is 11.5 Å². The second-order valence-electron chi connectivity index (χ2n) is 4.47. The van der Waals surface area contributed by atoms with E-state index < -0.39 is 0 Å². The van der Waals surface area contributed by atoms with E-state index in [2.05, 4.69) is 10.2 Å². The molecule has 1 aliphatic rings. The fourth-order valence-electron chi connectivity index (χ4n) is 2.29. The van der Waals surface area contributed by atoms with Crippen LogP contribution in [0.15, 0.2) is 36.5 Å². The summed E-state index contributed by atoms with van der Waals surface area (Å²) in [5.41, 5.74) is 8.19. The molecule has 1 aromatic carbocycles. The summed E-state index contributed by atoms with van der Waals surface area (Å²) in [5.74, 6) is 0.915. The molecule has 0 unspecified atom stereocenters. The summed E-state index contributed by atoms with van der Waals surface area (Å²) in [6.45, 7) is 1.05. The lowest BCUT2D eigenvalue weighted by atomic mass is 10.0. The molecule has 0 saturated heterocycles. The molecule has 0 amide bonds. The number of hydrogen-bond donors (Lipinski definition) is 1. The van der Waals surface area contributed by atoms with Gasteiger partial charge in [-0.1, -0.05) is 12.1 Å². The number of rotatable bonds is 2. The molecular formula is C14H14N4O. The van der Waals surface area contributed by atoms with Gasteiger partial charge in [0.15, 0.2) is 11.6 Å². The molecule has 0 aliphatic carbocycles. The summed E-state index contributed by atoms with van der Waals surface area (Å²) in [5, 5.41) is 8.11. The van der Waals surface area contributed by atoms with Crippen LogP contribution in [0.1, 0.15) is 22.3 Å². The maximum atomic E-state index is 11.9. The minimum absolute atomic E-state index is 0.176. The molecule has 2 N–H and O–H groups in total. The third-order valence-electron chi connectivity index (χ3n) is 3.27. The minimum Gasteiger partial charge on any atom is -0.326 e. The van der Waals surface area contributed by atoms with Crippen molar-refractivity contribution in [1.29, 1.82) is 0 Å². The molecule has 0 atom stereocenters. The third kappa shape index (κ3) is 2.08. The number of fused-ring (bicyclic) bond motifs is 1. The predicted octanol–water partition coefficient (Wildman–Crippen LogP) is 1.66. The van der Waals surface area contributed by atoms with Crippen LogP contribution < -0.4 is 10.6 Å². The van der Waals surface area contributed by atoms with Gasteiger partial charge in [0.1, 0.15) is 0 Å². The highest BCUT2D eigenvalue weighted by Gasteiger charge is 2.24. The van der Waals surface area contributed by atoms with E-state index >= 15 is 0 Å². The molecule has 5 heteroatoms. The van der Waals surface area contributed by atoms with Crippen molar-refractivity contribution in [1.82, 2.24) is 10.2 Å². The molecule has 2 aromatic rings. The first-order chi connectivity index (χ1) is 9.29. The van der Waals surface area contributed by atoms with Crippen molar-refractivity contribution in [2.75, 3.05) is 11.4 Å². The number of nitrogens with two attached hydrogens (primary N) is 1. The first-order valence-corrected chi connectivity index (χ1v) is 6.21. The van der Waals surface area contributed by atoms with Crippen molar-refractivity contribution in [3.63, 3.8) is 0 Å². The number of hydrogen-bond acceptors (Lipinski definition) is 5. The average molecular weight is 254 g/mol. The van der Waals surface area contributed by atoms with Crippen molar-refractivity contribution in [2.24, 2.45) is 5.73 Å². The van der Waals surface area contributed by atoms with Crippen LogP contribution in [-0.4, -0.2) is 22.5 Å². The molecule has 0 spiro atoms. The number of carbonyl (C=O) groups excluding carboxylic acids is 1. The number of para-hydroxylation sites is 1. The molecule has 19 heavy (non-hydrogen) atoms. The second kappa shape index (κ2) is 4.78. The van der Waals surface area contributed by atoms with E-state index in [1.54, 1.807) is 6.20 Å². The average Bonchev–Trinajstić information content (AvgIpc) is 2.48. The Bertz CT molecular complexity index is 626. The van der Waals surface area contributed by atoms with Crippen molar-refractivity contribution in [3.8, 4) is 0 Å². The molecule has 5 nitrogen and oxygen atoms in total. The van der Waals surface area contributed by atoms with Crippen LogP contribution in [0.3, 0.4) is 0 Å². The number of carbonyl (C=O) groups is 1. The molecule has 3 rings (SSSR count). The lowest BCUT2D eigenvalue weighted by Crippen LogP contribution is -2.28. The Morgan fingerprint density at radius 1 is 1.32 bits per heavy atom. The Morgan fingerprint density at radius 3 is 3.00 bits per heavy atom.